The van der Waals surface area contributed by atoms with Crippen LogP contribution in [-0.2, 0) is 0 Å². The number of hydrazine groups is 1. The molecule has 3 N–H and O–H groups in total. The molecule has 100 valence electrons. The number of rotatable bonds is 4. The lowest BCUT2D eigenvalue weighted by Gasteiger charge is -2.17. The Kier molecular flexibility index (Phi) is 4.53. The Morgan fingerprint density at radius 1 is 1.00 bits per heavy atom. The first kappa shape index (κ1) is 14.0. The molecule has 1 unspecified atom stereocenters. The van der Waals surface area contributed by atoms with E-state index in [2.05, 4.69) is 48.5 Å². The zero-order valence-electron chi connectivity index (χ0n) is 11.1. The smallest absolute Gasteiger partial charge is 0.129 e. The van der Waals surface area contributed by atoms with Crippen molar-refractivity contribution >= 4 is 11.6 Å². The van der Waals surface area contributed by atoms with Gasteiger partial charge in [-0.2, -0.15) is 0 Å². The molecule has 0 saturated carbocycles. The van der Waals surface area contributed by atoms with Gasteiger partial charge >= 0.3 is 0 Å². The van der Waals surface area contributed by atoms with Gasteiger partial charge in [-0.15, -0.1) is 0 Å². The lowest BCUT2D eigenvalue weighted by atomic mass is 9.96. The molecule has 2 aromatic rings. The molecule has 0 aliphatic heterocycles. The molecule has 0 aliphatic carbocycles. The van der Waals surface area contributed by atoms with Crippen molar-refractivity contribution in [2.45, 2.75) is 25.8 Å². The van der Waals surface area contributed by atoms with Crippen molar-refractivity contribution in [1.29, 1.82) is 0 Å². The lowest BCUT2D eigenvalue weighted by molar-refractivity contribution is 0.634. The number of halogens is 1. The second kappa shape index (κ2) is 6.15. The van der Waals surface area contributed by atoms with Crippen LogP contribution < -0.4 is 11.3 Å². The predicted molar refractivity (Wildman–Crippen MR) is 78.9 cm³/mol. The number of nitrogens with two attached hydrogens (primary N) is 1. The highest BCUT2D eigenvalue weighted by molar-refractivity contribution is 6.29. The Morgan fingerprint density at radius 2 is 1.58 bits per heavy atom. The van der Waals surface area contributed by atoms with Crippen LogP contribution in [0.15, 0.2) is 42.6 Å². The van der Waals surface area contributed by atoms with E-state index in [4.69, 9.17) is 17.4 Å². The molecular weight excluding hydrogens is 258 g/mol. The molecule has 4 heteroatoms. The van der Waals surface area contributed by atoms with Gasteiger partial charge in [0.15, 0.2) is 0 Å². The van der Waals surface area contributed by atoms with Gasteiger partial charge in [0, 0.05) is 6.20 Å². The average Bonchev–Trinajstić information content (AvgIpc) is 2.42. The van der Waals surface area contributed by atoms with E-state index < -0.39 is 0 Å². The quantitative estimate of drug-likeness (QED) is 0.511. The summed E-state index contributed by atoms with van der Waals surface area (Å²) in [4.78, 5) is 4.09. The number of pyridine rings is 1. The van der Waals surface area contributed by atoms with Crippen molar-refractivity contribution in [2.75, 3.05) is 0 Å². The molecule has 0 bridgehead atoms. The van der Waals surface area contributed by atoms with E-state index in [0.717, 1.165) is 11.1 Å². The van der Waals surface area contributed by atoms with Crippen LogP contribution >= 0.6 is 11.6 Å². The second-order valence-corrected chi connectivity index (χ2v) is 5.22. The maximum absolute atomic E-state index is 5.80. The van der Waals surface area contributed by atoms with Crippen LogP contribution in [-0.4, -0.2) is 4.98 Å². The first-order chi connectivity index (χ1) is 9.11. The van der Waals surface area contributed by atoms with Crippen LogP contribution in [0, 0.1) is 0 Å². The highest BCUT2D eigenvalue weighted by atomic mass is 35.5. The minimum absolute atomic E-state index is 0.0778. The van der Waals surface area contributed by atoms with Crippen molar-refractivity contribution < 1.29 is 0 Å². The van der Waals surface area contributed by atoms with E-state index in [-0.39, 0.29) is 6.04 Å². The van der Waals surface area contributed by atoms with Crippen LogP contribution in [0.2, 0.25) is 5.15 Å². The van der Waals surface area contributed by atoms with Gasteiger partial charge in [0.25, 0.3) is 0 Å². The van der Waals surface area contributed by atoms with Crippen molar-refractivity contribution in [1.82, 2.24) is 10.4 Å². The zero-order valence-corrected chi connectivity index (χ0v) is 11.9. The van der Waals surface area contributed by atoms with E-state index >= 15 is 0 Å². The number of aromatic nitrogens is 1. The summed E-state index contributed by atoms with van der Waals surface area (Å²) >= 11 is 5.80. The fourth-order valence-electron chi connectivity index (χ4n) is 2.02. The van der Waals surface area contributed by atoms with Gasteiger partial charge in [-0.25, -0.2) is 10.4 Å². The van der Waals surface area contributed by atoms with E-state index in [1.54, 1.807) is 12.3 Å². The highest BCUT2D eigenvalue weighted by Gasteiger charge is 2.13. The van der Waals surface area contributed by atoms with Crippen LogP contribution in [0.25, 0.3) is 0 Å². The molecule has 19 heavy (non-hydrogen) atoms. The largest absolute Gasteiger partial charge is 0.271 e. The topological polar surface area (TPSA) is 50.9 Å². The Hall–Kier alpha value is -1.42. The maximum Gasteiger partial charge on any atom is 0.129 e. The molecule has 0 saturated heterocycles. The number of hydrogen-bond donors (Lipinski definition) is 2. The van der Waals surface area contributed by atoms with Gasteiger partial charge < -0.3 is 0 Å². The number of nitrogens with zero attached hydrogens (tertiary/aromatic N) is 1. The summed E-state index contributed by atoms with van der Waals surface area (Å²) < 4.78 is 0. The fraction of sp³-hybridized carbons (Fsp3) is 0.267. The number of benzene rings is 1. The Morgan fingerprint density at radius 3 is 2.05 bits per heavy atom. The molecule has 3 nitrogen and oxygen atoms in total. The van der Waals surface area contributed by atoms with Gasteiger partial charge in [-0.3, -0.25) is 5.84 Å². The van der Waals surface area contributed by atoms with Gasteiger partial charge in [0.2, 0.25) is 0 Å². The molecular formula is C15H18ClN3. The van der Waals surface area contributed by atoms with E-state index in [9.17, 15) is 0 Å². The molecule has 0 aliphatic rings. The van der Waals surface area contributed by atoms with E-state index in [1.807, 2.05) is 6.07 Å². The minimum Gasteiger partial charge on any atom is -0.271 e. The zero-order chi connectivity index (χ0) is 13.8. The third-order valence-corrected chi connectivity index (χ3v) is 3.41. The molecule has 0 radical (unpaired) electrons. The maximum atomic E-state index is 5.80. The lowest BCUT2D eigenvalue weighted by Crippen LogP contribution is -2.28. The number of hydrogen-bond acceptors (Lipinski definition) is 3. The minimum atomic E-state index is -0.0778. The van der Waals surface area contributed by atoms with Crippen LogP contribution in [0.1, 0.15) is 42.5 Å². The fourth-order valence-corrected chi connectivity index (χ4v) is 2.13. The summed E-state index contributed by atoms with van der Waals surface area (Å²) in [7, 11) is 0. The first-order valence-electron chi connectivity index (χ1n) is 6.29. The summed E-state index contributed by atoms with van der Waals surface area (Å²) in [6.07, 6.45) is 1.74. The summed E-state index contributed by atoms with van der Waals surface area (Å²) in [5.74, 6) is 6.19. The van der Waals surface area contributed by atoms with Crippen molar-refractivity contribution in [3.05, 3.63) is 64.4 Å². The third kappa shape index (κ3) is 3.32. The number of nitrogens with one attached hydrogen (secondary N) is 1. The Balaban J connectivity index is 2.28. The van der Waals surface area contributed by atoms with E-state index in [1.165, 1.54) is 5.56 Å². The average molecular weight is 276 g/mol. The van der Waals surface area contributed by atoms with Gasteiger partial charge in [-0.05, 0) is 28.7 Å². The second-order valence-electron chi connectivity index (χ2n) is 4.84. The molecule has 0 spiro atoms. The van der Waals surface area contributed by atoms with Crippen LogP contribution in [0.5, 0.6) is 0 Å². The highest BCUT2D eigenvalue weighted by Crippen LogP contribution is 2.23. The molecule has 2 rings (SSSR count). The predicted octanol–water partition coefficient (Wildman–Crippen LogP) is 3.41. The van der Waals surface area contributed by atoms with Gasteiger partial charge in [0.1, 0.15) is 5.15 Å². The molecule has 0 fully saturated rings. The monoisotopic (exact) mass is 275 g/mol. The molecule has 0 amide bonds. The Labute approximate surface area is 118 Å². The molecule has 1 aromatic carbocycles. The van der Waals surface area contributed by atoms with E-state index in [0.29, 0.717) is 11.1 Å². The van der Waals surface area contributed by atoms with Crippen molar-refractivity contribution in [2.24, 2.45) is 5.84 Å². The summed E-state index contributed by atoms with van der Waals surface area (Å²) in [5, 5.41) is 0.481. The Bertz CT molecular complexity index is 520. The third-order valence-electron chi connectivity index (χ3n) is 3.19. The SMILES string of the molecule is CC(C)c1ccc(C(NN)c2ccc(Cl)nc2)cc1. The molecule has 1 atom stereocenters. The standard InChI is InChI=1S/C15H18ClN3/c1-10(2)11-3-5-12(6-4-11)15(19-17)13-7-8-14(16)18-9-13/h3-10,15,19H,17H2,1-2H3. The summed E-state index contributed by atoms with van der Waals surface area (Å²) in [5.41, 5.74) is 6.23. The summed E-state index contributed by atoms with van der Waals surface area (Å²) in [6.45, 7) is 4.35. The van der Waals surface area contributed by atoms with Crippen LogP contribution in [0.4, 0.5) is 0 Å². The van der Waals surface area contributed by atoms with Crippen LogP contribution in [0.3, 0.4) is 0 Å². The molecule has 1 heterocycles. The molecule has 1 aromatic heterocycles. The summed E-state index contributed by atoms with van der Waals surface area (Å²) in [6, 6.07) is 12.1. The van der Waals surface area contributed by atoms with Gasteiger partial charge in [0.05, 0.1) is 6.04 Å². The van der Waals surface area contributed by atoms with Crippen molar-refractivity contribution in [3.8, 4) is 0 Å². The van der Waals surface area contributed by atoms with Gasteiger partial charge in [-0.1, -0.05) is 55.8 Å². The normalized spacial score (nSPS) is 12.7. The van der Waals surface area contributed by atoms with Crippen molar-refractivity contribution in [3.63, 3.8) is 0 Å². The first-order valence-corrected chi connectivity index (χ1v) is 6.67.